The van der Waals surface area contributed by atoms with Gasteiger partial charge in [0.25, 0.3) is 5.91 Å². The van der Waals surface area contributed by atoms with E-state index in [4.69, 9.17) is 0 Å². The second kappa shape index (κ2) is 7.68. The van der Waals surface area contributed by atoms with Gasteiger partial charge in [0.2, 0.25) is 5.91 Å². The zero-order valence-corrected chi connectivity index (χ0v) is 15.6. The standard InChI is InChI=1S/C17H25BrN4O2/c1-11-2-4-13(5-3-11)19-16(23)12-6-8-22(9-7-12)17(24)14-10-15(18)21-20-14/h10-13H,2-9H2,1H3,(H,19,23)(H,20,21). The van der Waals surface area contributed by atoms with Crippen LogP contribution < -0.4 is 5.32 Å². The van der Waals surface area contributed by atoms with E-state index in [0.29, 0.717) is 29.4 Å². The molecule has 0 atom stereocenters. The summed E-state index contributed by atoms with van der Waals surface area (Å²) in [6, 6.07) is 2.03. The molecule has 2 fully saturated rings. The molecule has 3 rings (SSSR count). The van der Waals surface area contributed by atoms with Crippen molar-refractivity contribution in [2.45, 2.75) is 51.5 Å². The van der Waals surface area contributed by atoms with Crippen LogP contribution in [0.5, 0.6) is 0 Å². The lowest BCUT2D eigenvalue weighted by atomic mass is 9.86. The molecule has 0 radical (unpaired) electrons. The molecule has 1 saturated carbocycles. The predicted molar refractivity (Wildman–Crippen MR) is 94.5 cm³/mol. The van der Waals surface area contributed by atoms with E-state index in [2.05, 4.69) is 38.4 Å². The van der Waals surface area contributed by atoms with Gasteiger partial charge in [0.05, 0.1) is 0 Å². The first-order valence-electron chi connectivity index (χ1n) is 8.83. The average molecular weight is 397 g/mol. The molecule has 1 saturated heterocycles. The van der Waals surface area contributed by atoms with Crippen LogP contribution in [0.15, 0.2) is 10.7 Å². The minimum atomic E-state index is -0.0722. The molecule has 0 unspecified atom stereocenters. The number of aromatic nitrogens is 2. The Bertz CT molecular complexity index is 587. The predicted octanol–water partition coefficient (Wildman–Crippen LogP) is 2.72. The van der Waals surface area contributed by atoms with Crippen molar-refractivity contribution >= 4 is 27.7 Å². The van der Waals surface area contributed by atoms with Gasteiger partial charge in [-0.25, -0.2) is 0 Å². The molecular formula is C17H25BrN4O2. The van der Waals surface area contributed by atoms with E-state index in [9.17, 15) is 9.59 Å². The molecule has 0 bridgehead atoms. The molecule has 24 heavy (non-hydrogen) atoms. The topological polar surface area (TPSA) is 78.1 Å². The summed E-state index contributed by atoms with van der Waals surface area (Å²) in [6.45, 7) is 3.51. The first-order chi connectivity index (χ1) is 11.5. The summed E-state index contributed by atoms with van der Waals surface area (Å²) in [5.41, 5.74) is 0.418. The average Bonchev–Trinajstić information content (AvgIpc) is 3.03. The molecule has 2 N–H and O–H groups in total. The van der Waals surface area contributed by atoms with Crippen molar-refractivity contribution in [2.24, 2.45) is 11.8 Å². The summed E-state index contributed by atoms with van der Waals surface area (Å²) in [5, 5.41) is 9.93. The van der Waals surface area contributed by atoms with Crippen LogP contribution in [0.25, 0.3) is 0 Å². The highest BCUT2D eigenvalue weighted by Crippen LogP contribution is 2.25. The minimum Gasteiger partial charge on any atom is -0.353 e. The third-order valence-electron chi connectivity index (χ3n) is 5.28. The number of likely N-dealkylation sites (tertiary alicyclic amines) is 1. The third kappa shape index (κ3) is 4.18. The van der Waals surface area contributed by atoms with Gasteiger partial charge in [0.15, 0.2) is 5.69 Å². The number of carbonyl (C=O) groups excluding carboxylic acids is 2. The third-order valence-corrected chi connectivity index (χ3v) is 5.69. The molecule has 0 spiro atoms. The Morgan fingerprint density at radius 1 is 1.21 bits per heavy atom. The molecule has 1 aliphatic heterocycles. The number of carbonyl (C=O) groups is 2. The Labute approximate surface area is 150 Å². The molecule has 1 aromatic rings. The van der Waals surface area contributed by atoms with Crippen molar-refractivity contribution in [3.05, 3.63) is 16.4 Å². The number of hydrogen-bond donors (Lipinski definition) is 2. The SMILES string of the molecule is CC1CCC(NC(=O)C2CCN(C(=O)c3cc(Br)[nH]n3)CC2)CC1. The van der Waals surface area contributed by atoms with Crippen LogP contribution in [0.4, 0.5) is 0 Å². The van der Waals surface area contributed by atoms with Crippen molar-refractivity contribution in [3.63, 3.8) is 0 Å². The molecule has 1 aliphatic carbocycles. The largest absolute Gasteiger partial charge is 0.353 e. The Kier molecular flexibility index (Phi) is 5.58. The van der Waals surface area contributed by atoms with Crippen molar-refractivity contribution in [3.8, 4) is 0 Å². The van der Waals surface area contributed by atoms with Crippen molar-refractivity contribution < 1.29 is 9.59 Å². The molecular weight excluding hydrogens is 372 g/mol. The van der Waals surface area contributed by atoms with Crippen LogP contribution in [0.2, 0.25) is 0 Å². The highest BCUT2D eigenvalue weighted by molar-refractivity contribution is 9.10. The summed E-state index contributed by atoms with van der Waals surface area (Å²) in [5.74, 6) is 0.912. The molecule has 1 aromatic heterocycles. The van der Waals surface area contributed by atoms with Gasteiger partial charge < -0.3 is 10.2 Å². The normalized spacial score (nSPS) is 25.5. The van der Waals surface area contributed by atoms with Crippen LogP contribution in [0.3, 0.4) is 0 Å². The first-order valence-corrected chi connectivity index (χ1v) is 9.63. The number of nitrogens with one attached hydrogen (secondary N) is 2. The number of H-pyrrole nitrogens is 1. The van der Waals surface area contributed by atoms with Crippen LogP contribution in [-0.4, -0.2) is 46.0 Å². The Morgan fingerprint density at radius 3 is 2.46 bits per heavy atom. The van der Waals surface area contributed by atoms with E-state index >= 15 is 0 Å². The number of rotatable bonds is 3. The monoisotopic (exact) mass is 396 g/mol. The van der Waals surface area contributed by atoms with Gasteiger partial charge in [0.1, 0.15) is 4.60 Å². The fraction of sp³-hybridized carbons (Fsp3) is 0.706. The second-order valence-electron chi connectivity index (χ2n) is 7.13. The van der Waals surface area contributed by atoms with E-state index in [0.717, 1.165) is 31.6 Å². The molecule has 7 heteroatoms. The Morgan fingerprint density at radius 2 is 1.88 bits per heavy atom. The lowest BCUT2D eigenvalue weighted by Crippen LogP contribution is -2.46. The Balaban J connectivity index is 1.46. The summed E-state index contributed by atoms with van der Waals surface area (Å²) >= 11 is 3.26. The smallest absolute Gasteiger partial charge is 0.274 e. The van der Waals surface area contributed by atoms with Crippen molar-refractivity contribution in [1.82, 2.24) is 20.4 Å². The van der Waals surface area contributed by atoms with Crippen LogP contribution in [0.1, 0.15) is 55.9 Å². The van der Waals surface area contributed by atoms with E-state index in [1.54, 1.807) is 11.0 Å². The number of amides is 2. The molecule has 132 valence electrons. The number of nitrogens with zero attached hydrogens (tertiary/aromatic N) is 2. The molecule has 2 heterocycles. The molecule has 2 aliphatic rings. The van der Waals surface area contributed by atoms with E-state index < -0.39 is 0 Å². The maximum Gasteiger partial charge on any atom is 0.274 e. The molecule has 6 nitrogen and oxygen atoms in total. The summed E-state index contributed by atoms with van der Waals surface area (Å²) in [6.07, 6.45) is 6.06. The first kappa shape index (κ1) is 17.5. The van der Waals surface area contributed by atoms with E-state index in [1.165, 1.54) is 12.8 Å². The minimum absolute atomic E-state index is 0.0271. The summed E-state index contributed by atoms with van der Waals surface area (Å²) < 4.78 is 0.696. The van der Waals surface area contributed by atoms with E-state index in [1.807, 2.05) is 0 Å². The van der Waals surface area contributed by atoms with Crippen LogP contribution in [0, 0.1) is 11.8 Å². The van der Waals surface area contributed by atoms with Crippen LogP contribution >= 0.6 is 15.9 Å². The Hall–Kier alpha value is -1.37. The van der Waals surface area contributed by atoms with Gasteiger partial charge in [-0.15, -0.1) is 0 Å². The van der Waals surface area contributed by atoms with Gasteiger partial charge in [-0.3, -0.25) is 14.7 Å². The summed E-state index contributed by atoms with van der Waals surface area (Å²) in [4.78, 5) is 26.6. The summed E-state index contributed by atoms with van der Waals surface area (Å²) in [7, 11) is 0. The number of hydrogen-bond acceptors (Lipinski definition) is 3. The van der Waals surface area contributed by atoms with Gasteiger partial charge in [0, 0.05) is 31.1 Å². The van der Waals surface area contributed by atoms with Crippen LogP contribution in [-0.2, 0) is 4.79 Å². The lowest BCUT2D eigenvalue weighted by molar-refractivity contribution is -0.127. The van der Waals surface area contributed by atoms with Crippen molar-refractivity contribution in [2.75, 3.05) is 13.1 Å². The second-order valence-corrected chi connectivity index (χ2v) is 7.99. The zero-order valence-electron chi connectivity index (χ0n) is 14.1. The molecule has 0 aromatic carbocycles. The fourth-order valence-electron chi connectivity index (χ4n) is 3.64. The lowest BCUT2D eigenvalue weighted by Gasteiger charge is -2.33. The van der Waals surface area contributed by atoms with Crippen molar-refractivity contribution in [1.29, 1.82) is 0 Å². The van der Waals surface area contributed by atoms with Gasteiger partial charge >= 0.3 is 0 Å². The maximum absolute atomic E-state index is 12.5. The fourth-order valence-corrected chi connectivity index (χ4v) is 3.94. The zero-order chi connectivity index (χ0) is 17.1. The number of piperidine rings is 1. The number of aromatic amines is 1. The maximum atomic E-state index is 12.5. The highest BCUT2D eigenvalue weighted by Gasteiger charge is 2.30. The van der Waals surface area contributed by atoms with Gasteiger partial charge in [-0.05, 0) is 60.4 Å². The number of halogens is 1. The quantitative estimate of drug-likeness (QED) is 0.824. The molecule has 2 amide bonds. The van der Waals surface area contributed by atoms with Gasteiger partial charge in [-0.1, -0.05) is 6.92 Å². The van der Waals surface area contributed by atoms with Gasteiger partial charge in [-0.2, -0.15) is 5.10 Å². The highest BCUT2D eigenvalue weighted by atomic mass is 79.9. The van der Waals surface area contributed by atoms with E-state index in [-0.39, 0.29) is 17.7 Å².